The fraction of sp³-hybridized carbons (Fsp3) is 0.462. The van der Waals surface area contributed by atoms with E-state index in [0.717, 1.165) is 6.54 Å². The van der Waals surface area contributed by atoms with Crippen LogP contribution in [0, 0.1) is 22.0 Å². The molecule has 0 aliphatic carbocycles. The number of benzene rings is 1. The zero-order valence-corrected chi connectivity index (χ0v) is 11.4. The minimum atomic E-state index is -0.505. The van der Waals surface area contributed by atoms with Crippen molar-refractivity contribution in [3.05, 3.63) is 28.3 Å². The van der Waals surface area contributed by atoms with Gasteiger partial charge in [-0.05, 0) is 18.5 Å². The van der Waals surface area contributed by atoms with Crippen LogP contribution in [0.15, 0.2) is 18.2 Å². The molecule has 0 saturated carbocycles. The van der Waals surface area contributed by atoms with E-state index in [4.69, 9.17) is 4.74 Å². The molecule has 7 heteroatoms. The molecular weight excluding hydrogens is 262 g/mol. The summed E-state index contributed by atoms with van der Waals surface area (Å²) in [4.78, 5) is 22.5. The Kier molecular flexibility index (Phi) is 4.19. The lowest BCUT2D eigenvalue weighted by Crippen LogP contribution is -2.28. The van der Waals surface area contributed by atoms with Gasteiger partial charge in [0, 0.05) is 18.7 Å². The number of nitro groups is 1. The number of nitro benzene ring substituents is 1. The maximum Gasteiger partial charge on any atom is 0.271 e. The van der Waals surface area contributed by atoms with Gasteiger partial charge in [-0.25, -0.2) is 0 Å². The van der Waals surface area contributed by atoms with Crippen LogP contribution < -0.4 is 15.4 Å². The fourth-order valence-electron chi connectivity index (χ4n) is 2.29. The van der Waals surface area contributed by atoms with Crippen molar-refractivity contribution in [1.29, 1.82) is 0 Å². The molecule has 0 aromatic heterocycles. The van der Waals surface area contributed by atoms with E-state index in [1.165, 1.54) is 25.3 Å². The molecule has 1 amide bonds. The summed E-state index contributed by atoms with van der Waals surface area (Å²) >= 11 is 0. The van der Waals surface area contributed by atoms with Crippen molar-refractivity contribution >= 4 is 17.3 Å². The summed E-state index contributed by atoms with van der Waals surface area (Å²) in [6.45, 7) is 3.41. The molecule has 2 atom stereocenters. The van der Waals surface area contributed by atoms with Crippen LogP contribution in [0.2, 0.25) is 0 Å². The van der Waals surface area contributed by atoms with Gasteiger partial charge in [0.15, 0.2) is 0 Å². The molecular formula is C13H17N3O4. The average Bonchev–Trinajstić information content (AvgIpc) is 2.84. The highest BCUT2D eigenvalue weighted by atomic mass is 16.6. The fourth-order valence-corrected chi connectivity index (χ4v) is 2.29. The van der Waals surface area contributed by atoms with E-state index in [0.29, 0.717) is 18.0 Å². The number of carbonyl (C=O) groups is 1. The number of methoxy groups -OCH3 is 1. The number of nitrogens with one attached hydrogen (secondary N) is 2. The molecule has 1 saturated heterocycles. The number of hydrogen-bond donors (Lipinski definition) is 2. The summed E-state index contributed by atoms with van der Waals surface area (Å²) in [6, 6.07) is 4.13. The maximum absolute atomic E-state index is 12.2. The van der Waals surface area contributed by atoms with Gasteiger partial charge in [-0.3, -0.25) is 14.9 Å². The predicted octanol–water partition coefficient (Wildman–Crippen LogP) is 1.40. The number of ether oxygens (including phenoxy) is 1. The Morgan fingerprint density at radius 1 is 1.50 bits per heavy atom. The first-order chi connectivity index (χ1) is 9.52. The summed E-state index contributed by atoms with van der Waals surface area (Å²) in [5.41, 5.74) is 0.240. The molecule has 2 rings (SSSR count). The standard InChI is InChI=1S/C13H17N3O4/c1-8-6-14-7-10(8)13(17)15-11-5-9(16(18)19)3-4-12(11)20-2/h3-5,8,10,14H,6-7H2,1-2H3,(H,15,17). The summed E-state index contributed by atoms with van der Waals surface area (Å²) < 4.78 is 5.12. The van der Waals surface area contributed by atoms with Crippen LogP contribution >= 0.6 is 0 Å². The number of carbonyl (C=O) groups excluding carboxylic acids is 1. The van der Waals surface area contributed by atoms with E-state index in [1.54, 1.807) is 0 Å². The number of nitrogens with zero attached hydrogens (tertiary/aromatic N) is 1. The van der Waals surface area contributed by atoms with Gasteiger partial charge in [0.2, 0.25) is 5.91 Å². The zero-order valence-electron chi connectivity index (χ0n) is 11.4. The lowest BCUT2D eigenvalue weighted by molar-refractivity contribution is -0.384. The number of non-ortho nitro benzene ring substituents is 1. The van der Waals surface area contributed by atoms with Crippen molar-refractivity contribution in [3.8, 4) is 5.75 Å². The van der Waals surface area contributed by atoms with E-state index in [-0.39, 0.29) is 23.4 Å². The minimum absolute atomic E-state index is 0.0845. The average molecular weight is 279 g/mol. The van der Waals surface area contributed by atoms with Gasteiger partial charge in [0.1, 0.15) is 5.75 Å². The van der Waals surface area contributed by atoms with Crippen LogP contribution in [0.4, 0.5) is 11.4 Å². The first kappa shape index (κ1) is 14.3. The molecule has 1 heterocycles. The third-order valence-corrected chi connectivity index (χ3v) is 3.51. The van der Waals surface area contributed by atoms with E-state index in [9.17, 15) is 14.9 Å². The highest BCUT2D eigenvalue weighted by Crippen LogP contribution is 2.30. The minimum Gasteiger partial charge on any atom is -0.495 e. The molecule has 108 valence electrons. The molecule has 1 aromatic carbocycles. The molecule has 0 bridgehead atoms. The molecule has 2 unspecified atom stereocenters. The van der Waals surface area contributed by atoms with Gasteiger partial charge in [0.25, 0.3) is 5.69 Å². The molecule has 1 aliphatic heterocycles. The zero-order chi connectivity index (χ0) is 14.7. The summed E-state index contributed by atoms with van der Waals surface area (Å²) in [5.74, 6) is 0.350. The lowest BCUT2D eigenvalue weighted by atomic mass is 9.97. The first-order valence-electron chi connectivity index (χ1n) is 6.37. The normalized spacial score (nSPS) is 21.5. The Hall–Kier alpha value is -2.15. The smallest absolute Gasteiger partial charge is 0.271 e. The molecule has 1 fully saturated rings. The molecule has 0 radical (unpaired) electrons. The van der Waals surface area contributed by atoms with Crippen LogP contribution in [0.25, 0.3) is 0 Å². The van der Waals surface area contributed by atoms with Crippen LogP contribution in [-0.4, -0.2) is 31.0 Å². The van der Waals surface area contributed by atoms with Crippen molar-refractivity contribution in [1.82, 2.24) is 5.32 Å². The number of amides is 1. The Morgan fingerprint density at radius 2 is 2.25 bits per heavy atom. The lowest BCUT2D eigenvalue weighted by Gasteiger charge is -2.15. The summed E-state index contributed by atoms with van der Waals surface area (Å²) in [5, 5.41) is 16.7. The van der Waals surface area contributed by atoms with E-state index >= 15 is 0 Å². The van der Waals surface area contributed by atoms with Crippen molar-refractivity contribution in [3.63, 3.8) is 0 Å². The largest absolute Gasteiger partial charge is 0.495 e. The Balaban J connectivity index is 2.20. The summed E-state index contributed by atoms with van der Waals surface area (Å²) in [7, 11) is 1.45. The first-order valence-corrected chi connectivity index (χ1v) is 6.37. The summed E-state index contributed by atoms with van der Waals surface area (Å²) in [6.07, 6.45) is 0. The maximum atomic E-state index is 12.2. The van der Waals surface area contributed by atoms with Gasteiger partial charge >= 0.3 is 0 Å². The van der Waals surface area contributed by atoms with E-state index < -0.39 is 4.92 Å². The SMILES string of the molecule is COc1ccc([N+](=O)[O-])cc1NC(=O)C1CNCC1C. The van der Waals surface area contributed by atoms with Crippen LogP contribution in [0.5, 0.6) is 5.75 Å². The molecule has 2 N–H and O–H groups in total. The van der Waals surface area contributed by atoms with Crippen molar-refractivity contribution in [2.75, 3.05) is 25.5 Å². The predicted molar refractivity (Wildman–Crippen MR) is 73.8 cm³/mol. The van der Waals surface area contributed by atoms with Gasteiger partial charge in [-0.2, -0.15) is 0 Å². The van der Waals surface area contributed by atoms with Gasteiger partial charge < -0.3 is 15.4 Å². The van der Waals surface area contributed by atoms with E-state index in [2.05, 4.69) is 10.6 Å². The van der Waals surface area contributed by atoms with Crippen molar-refractivity contribution < 1.29 is 14.5 Å². The topological polar surface area (TPSA) is 93.5 Å². The number of anilines is 1. The van der Waals surface area contributed by atoms with Crippen molar-refractivity contribution in [2.45, 2.75) is 6.92 Å². The second-order valence-corrected chi connectivity index (χ2v) is 4.87. The molecule has 1 aliphatic rings. The van der Waals surface area contributed by atoms with E-state index in [1.807, 2.05) is 6.92 Å². The monoisotopic (exact) mass is 279 g/mol. The van der Waals surface area contributed by atoms with Gasteiger partial charge in [0.05, 0.1) is 23.6 Å². The third-order valence-electron chi connectivity index (χ3n) is 3.51. The Labute approximate surface area is 116 Å². The Morgan fingerprint density at radius 3 is 2.80 bits per heavy atom. The highest BCUT2D eigenvalue weighted by molar-refractivity contribution is 5.94. The molecule has 7 nitrogen and oxygen atoms in total. The van der Waals surface area contributed by atoms with Crippen LogP contribution in [-0.2, 0) is 4.79 Å². The second kappa shape index (κ2) is 5.87. The van der Waals surface area contributed by atoms with Gasteiger partial charge in [-0.15, -0.1) is 0 Å². The number of hydrogen-bond acceptors (Lipinski definition) is 5. The molecule has 0 spiro atoms. The van der Waals surface area contributed by atoms with Crippen molar-refractivity contribution in [2.24, 2.45) is 11.8 Å². The highest BCUT2D eigenvalue weighted by Gasteiger charge is 2.30. The van der Waals surface area contributed by atoms with Gasteiger partial charge in [-0.1, -0.05) is 6.92 Å². The Bertz CT molecular complexity index is 532. The van der Waals surface area contributed by atoms with Crippen LogP contribution in [0.1, 0.15) is 6.92 Å². The quantitative estimate of drug-likeness (QED) is 0.642. The molecule has 1 aromatic rings. The number of rotatable bonds is 4. The van der Waals surface area contributed by atoms with Crippen LogP contribution in [0.3, 0.4) is 0 Å². The third kappa shape index (κ3) is 2.88. The molecule has 20 heavy (non-hydrogen) atoms. The second-order valence-electron chi connectivity index (χ2n) is 4.87.